The zero-order valence-electron chi connectivity index (χ0n) is 10.4. The fourth-order valence-electron chi connectivity index (χ4n) is 1.50. The number of carbonyl (C=O) groups is 2. The number of carboxylic acid groups (broad SMARTS) is 1. The third-order valence-corrected chi connectivity index (χ3v) is 3.25. The highest BCUT2D eigenvalue weighted by atomic mass is 32.1. The highest BCUT2D eigenvalue weighted by Gasteiger charge is 2.18. The average Bonchev–Trinajstić information content (AvgIpc) is 2.95. The maximum atomic E-state index is 11.9. The van der Waals surface area contributed by atoms with Crippen LogP contribution in [0.4, 0.5) is 0 Å². The summed E-state index contributed by atoms with van der Waals surface area (Å²) in [5, 5.41) is 10.8. The van der Waals surface area contributed by atoms with Crippen molar-refractivity contribution < 1.29 is 19.1 Å². The lowest BCUT2D eigenvalue weighted by atomic mass is 10.4. The lowest BCUT2D eigenvalue weighted by Gasteiger charge is -2.12. The summed E-state index contributed by atoms with van der Waals surface area (Å²) in [6.45, 7) is 1.47. The Kier molecular flexibility index (Phi) is 3.66. The van der Waals surface area contributed by atoms with Gasteiger partial charge in [0.05, 0.1) is 0 Å². The van der Waals surface area contributed by atoms with Crippen molar-refractivity contribution in [3.05, 3.63) is 29.0 Å². The normalized spacial score (nSPS) is 10.4. The van der Waals surface area contributed by atoms with Crippen LogP contribution in [0.2, 0.25) is 0 Å². The third kappa shape index (κ3) is 3.00. The van der Waals surface area contributed by atoms with Crippen LogP contribution in [-0.2, 0) is 4.79 Å². The minimum Gasteiger partial charge on any atom is -0.480 e. The Hall–Kier alpha value is -2.15. The van der Waals surface area contributed by atoms with E-state index in [0.29, 0.717) is 10.8 Å². The molecule has 2 heterocycles. The molecule has 0 aromatic carbocycles. The zero-order chi connectivity index (χ0) is 14.0. The van der Waals surface area contributed by atoms with Crippen LogP contribution in [0.15, 0.2) is 21.9 Å². The molecule has 0 aliphatic rings. The molecule has 0 aliphatic heterocycles. The van der Waals surface area contributed by atoms with E-state index in [1.165, 1.54) is 18.4 Å². The van der Waals surface area contributed by atoms with E-state index in [-0.39, 0.29) is 12.2 Å². The monoisotopic (exact) mass is 280 g/mol. The van der Waals surface area contributed by atoms with Crippen molar-refractivity contribution >= 4 is 23.2 Å². The summed E-state index contributed by atoms with van der Waals surface area (Å²) in [6, 6.07) is 3.60. The van der Waals surface area contributed by atoms with Crippen LogP contribution in [0.1, 0.15) is 16.2 Å². The number of aliphatic carboxylic acids is 1. The number of aryl methyl sites for hydroxylation is 1. The van der Waals surface area contributed by atoms with Gasteiger partial charge in [-0.15, -0.1) is 11.3 Å². The summed E-state index contributed by atoms with van der Waals surface area (Å²) in [5.41, 5.74) is 0.220. The van der Waals surface area contributed by atoms with E-state index >= 15 is 0 Å². The number of furan rings is 1. The van der Waals surface area contributed by atoms with Gasteiger partial charge in [0.25, 0.3) is 5.91 Å². The van der Waals surface area contributed by atoms with Crippen LogP contribution < -0.4 is 0 Å². The van der Waals surface area contributed by atoms with Gasteiger partial charge in [0.1, 0.15) is 18.0 Å². The van der Waals surface area contributed by atoms with E-state index in [0.717, 1.165) is 10.7 Å². The Morgan fingerprint density at radius 1 is 1.47 bits per heavy atom. The average molecular weight is 280 g/mol. The molecule has 2 rings (SSSR count). The number of rotatable bonds is 4. The van der Waals surface area contributed by atoms with Crippen molar-refractivity contribution in [3.8, 4) is 10.8 Å². The van der Waals surface area contributed by atoms with E-state index in [4.69, 9.17) is 9.52 Å². The van der Waals surface area contributed by atoms with Crippen molar-refractivity contribution in [1.82, 2.24) is 9.88 Å². The van der Waals surface area contributed by atoms with E-state index in [1.807, 2.05) is 13.0 Å². The van der Waals surface area contributed by atoms with Crippen LogP contribution in [0.25, 0.3) is 10.8 Å². The smallest absolute Gasteiger partial charge is 0.323 e. The van der Waals surface area contributed by atoms with E-state index in [2.05, 4.69) is 4.98 Å². The Labute approximate surface area is 113 Å². The topological polar surface area (TPSA) is 83.6 Å². The fourth-order valence-corrected chi connectivity index (χ4v) is 2.26. The molecule has 0 unspecified atom stereocenters. The summed E-state index contributed by atoms with van der Waals surface area (Å²) < 4.78 is 5.42. The van der Waals surface area contributed by atoms with Gasteiger partial charge in [-0.1, -0.05) is 0 Å². The molecule has 0 aliphatic carbocycles. The Balaban J connectivity index is 2.17. The van der Waals surface area contributed by atoms with Gasteiger partial charge in [-0.2, -0.15) is 0 Å². The zero-order valence-corrected chi connectivity index (χ0v) is 11.2. The molecule has 0 radical (unpaired) electrons. The number of likely N-dealkylation sites (N-methyl/N-ethyl adjacent to an activating group) is 1. The van der Waals surface area contributed by atoms with Crippen LogP contribution in [-0.4, -0.2) is 40.5 Å². The highest BCUT2D eigenvalue weighted by molar-refractivity contribution is 7.13. The molecule has 0 spiro atoms. The number of amides is 1. The first-order valence-electron chi connectivity index (χ1n) is 5.47. The van der Waals surface area contributed by atoms with Crippen LogP contribution in [0.3, 0.4) is 0 Å². The second kappa shape index (κ2) is 5.23. The first-order valence-corrected chi connectivity index (χ1v) is 6.35. The number of carbonyl (C=O) groups excluding carboxylic acids is 1. The molecule has 2 aromatic rings. The molecule has 0 saturated carbocycles. The Morgan fingerprint density at radius 3 is 2.79 bits per heavy atom. The summed E-state index contributed by atoms with van der Waals surface area (Å²) in [7, 11) is 1.42. The van der Waals surface area contributed by atoms with Gasteiger partial charge in [0, 0.05) is 12.4 Å². The fraction of sp³-hybridized carbons (Fsp3) is 0.250. The van der Waals surface area contributed by atoms with E-state index in [9.17, 15) is 9.59 Å². The summed E-state index contributed by atoms with van der Waals surface area (Å²) in [6.07, 6.45) is 0. The quantitative estimate of drug-likeness (QED) is 0.924. The number of thiazole rings is 1. The van der Waals surface area contributed by atoms with Crippen LogP contribution in [0.5, 0.6) is 0 Å². The molecule has 1 amide bonds. The minimum absolute atomic E-state index is 0.220. The molecular formula is C12H12N2O4S. The first-order chi connectivity index (χ1) is 8.97. The molecule has 7 heteroatoms. The van der Waals surface area contributed by atoms with Gasteiger partial charge in [0.15, 0.2) is 10.8 Å². The number of hydrogen-bond acceptors (Lipinski definition) is 5. The molecule has 2 aromatic heterocycles. The van der Waals surface area contributed by atoms with E-state index in [1.54, 1.807) is 11.4 Å². The number of carboxylic acids is 1. The molecule has 19 heavy (non-hydrogen) atoms. The second-order valence-corrected chi connectivity index (χ2v) is 4.86. The minimum atomic E-state index is -1.06. The van der Waals surface area contributed by atoms with Crippen LogP contribution >= 0.6 is 11.3 Å². The maximum absolute atomic E-state index is 11.9. The van der Waals surface area contributed by atoms with Gasteiger partial charge in [-0.05, 0) is 19.1 Å². The molecule has 1 N–H and O–H groups in total. The largest absolute Gasteiger partial charge is 0.480 e. The summed E-state index contributed by atoms with van der Waals surface area (Å²) in [4.78, 5) is 27.7. The SMILES string of the molecule is Cc1ccc(-c2nc(C(=O)N(C)CC(=O)O)cs2)o1. The van der Waals surface area contributed by atoms with Gasteiger partial charge in [-0.25, -0.2) is 4.98 Å². The molecule has 6 nitrogen and oxygen atoms in total. The van der Waals surface area contributed by atoms with Crippen molar-refractivity contribution in [3.63, 3.8) is 0 Å². The number of nitrogens with zero attached hydrogens (tertiary/aromatic N) is 2. The first kappa shape index (κ1) is 13.3. The lowest BCUT2D eigenvalue weighted by Crippen LogP contribution is -2.32. The standard InChI is InChI=1S/C12H12N2O4S/c1-7-3-4-9(18-7)11-13-8(6-19-11)12(17)14(2)5-10(15)16/h3-4,6H,5H2,1-2H3,(H,15,16). The molecule has 0 fully saturated rings. The second-order valence-electron chi connectivity index (χ2n) is 4.00. The van der Waals surface area contributed by atoms with Crippen molar-refractivity contribution in [2.24, 2.45) is 0 Å². The predicted molar refractivity (Wildman–Crippen MR) is 69.1 cm³/mol. The molecule has 0 saturated heterocycles. The summed E-state index contributed by atoms with van der Waals surface area (Å²) in [5.74, 6) is -0.121. The number of hydrogen-bond donors (Lipinski definition) is 1. The maximum Gasteiger partial charge on any atom is 0.323 e. The van der Waals surface area contributed by atoms with Crippen molar-refractivity contribution in [1.29, 1.82) is 0 Å². The summed E-state index contributed by atoms with van der Waals surface area (Å²) >= 11 is 1.28. The Morgan fingerprint density at radius 2 is 2.21 bits per heavy atom. The lowest BCUT2D eigenvalue weighted by molar-refractivity contribution is -0.137. The van der Waals surface area contributed by atoms with E-state index < -0.39 is 11.9 Å². The molecule has 0 atom stereocenters. The van der Waals surface area contributed by atoms with Crippen molar-refractivity contribution in [2.45, 2.75) is 6.92 Å². The van der Waals surface area contributed by atoms with Gasteiger partial charge < -0.3 is 14.4 Å². The number of aromatic nitrogens is 1. The predicted octanol–water partition coefficient (Wildman–Crippen LogP) is 1.87. The third-order valence-electron chi connectivity index (χ3n) is 2.39. The van der Waals surface area contributed by atoms with Crippen molar-refractivity contribution in [2.75, 3.05) is 13.6 Å². The van der Waals surface area contributed by atoms with Gasteiger partial charge >= 0.3 is 5.97 Å². The van der Waals surface area contributed by atoms with Gasteiger partial charge in [0.2, 0.25) is 0 Å². The Bertz CT molecular complexity index is 617. The molecule has 0 bridgehead atoms. The molecular weight excluding hydrogens is 268 g/mol. The molecule has 100 valence electrons. The van der Waals surface area contributed by atoms with Crippen LogP contribution in [0, 0.1) is 6.92 Å². The highest BCUT2D eigenvalue weighted by Crippen LogP contribution is 2.25. The van der Waals surface area contributed by atoms with Gasteiger partial charge in [-0.3, -0.25) is 9.59 Å².